The molecule has 0 aliphatic carbocycles. The summed E-state index contributed by atoms with van der Waals surface area (Å²) in [6.07, 6.45) is 0. The molecular weight excluding hydrogens is 236 g/mol. The van der Waals surface area contributed by atoms with E-state index in [1.807, 2.05) is 31.3 Å². The molecule has 106 valence electrons. The van der Waals surface area contributed by atoms with E-state index >= 15 is 0 Å². The van der Waals surface area contributed by atoms with Crippen LogP contribution in [-0.2, 0) is 5.41 Å². The largest absolute Gasteiger partial charge is 0.351 e. The summed E-state index contributed by atoms with van der Waals surface area (Å²) in [6.45, 7) is 11.2. The van der Waals surface area contributed by atoms with Crippen LogP contribution < -0.4 is 5.32 Å². The first-order valence-electron chi connectivity index (χ1n) is 6.92. The molecule has 0 bridgehead atoms. The van der Waals surface area contributed by atoms with Crippen molar-refractivity contribution in [3.63, 3.8) is 0 Å². The fourth-order valence-corrected chi connectivity index (χ4v) is 1.74. The predicted molar refractivity (Wildman–Crippen MR) is 80.6 cm³/mol. The van der Waals surface area contributed by atoms with Crippen LogP contribution in [0.15, 0.2) is 24.3 Å². The first-order chi connectivity index (χ1) is 8.84. The zero-order valence-corrected chi connectivity index (χ0v) is 12.8. The lowest BCUT2D eigenvalue weighted by Gasteiger charge is -2.19. The van der Waals surface area contributed by atoms with Crippen molar-refractivity contribution in [2.24, 2.45) is 0 Å². The first-order valence-corrected chi connectivity index (χ1v) is 6.92. The standard InChI is InChI=1S/C16H26N2O/c1-6-18(5)12-11-17-15(19)13-7-9-14(10-8-13)16(2,3)4/h7-10H,6,11-12H2,1-5H3,(H,17,19). The fourth-order valence-electron chi connectivity index (χ4n) is 1.74. The first kappa shape index (κ1) is 15.7. The van der Waals surface area contributed by atoms with E-state index in [2.05, 4.69) is 37.9 Å². The Morgan fingerprint density at radius 2 is 1.79 bits per heavy atom. The number of likely N-dealkylation sites (N-methyl/N-ethyl adjacent to an activating group) is 1. The van der Waals surface area contributed by atoms with Crippen LogP contribution in [0.1, 0.15) is 43.6 Å². The molecule has 0 fully saturated rings. The van der Waals surface area contributed by atoms with Gasteiger partial charge in [0, 0.05) is 18.7 Å². The summed E-state index contributed by atoms with van der Waals surface area (Å²) in [7, 11) is 2.05. The van der Waals surface area contributed by atoms with Gasteiger partial charge in [-0.25, -0.2) is 0 Å². The summed E-state index contributed by atoms with van der Waals surface area (Å²) >= 11 is 0. The Hall–Kier alpha value is -1.35. The second-order valence-corrected chi connectivity index (χ2v) is 5.98. The van der Waals surface area contributed by atoms with Crippen LogP contribution in [0.5, 0.6) is 0 Å². The van der Waals surface area contributed by atoms with Gasteiger partial charge >= 0.3 is 0 Å². The molecule has 0 aliphatic heterocycles. The predicted octanol–water partition coefficient (Wildman–Crippen LogP) is 2.67. The summed E-state index contributed by atoms with van der Waals surface area (Å²) in [5.74, 6) is 0.00459. The molecule has 19 heavy (non-hydrogen) atoms. The summed E-state index contributed by atoms with van der Waals surface area (Å²) < 4.78 is 0. The summed E-state index contributed by atoms with van der Waals surface area (Å²) in [5.41, 5.74) is 2.10. The van der Waals surface area contributed by atoms with Gasteiger partial charge in [-0.1, -0.05) is 39.8 Å². The molecule has 0 saturated heterocycles. The minimum atomic E-state index is 0.00459. The molecule has 0 unspecified atom stereocenters. The number of carbonyl (C=O) groups excluding carboxylic acids is 1. The quantitative estimate of drug-likeness (QED) is 0.885. The highest BCUT2D eigenvalue weighted by Crippen LogP contribution is 2.22. The van der Waals surface area contributed by atoms with Crippen LogP contribution >= 0.6 is 0 Å². The Labute approximate surface area is 117 Å². The lowest BCUT2D eigenvalue weighted by molar-refractivity contribution is 0.0950. The van der Waals surface area contributed by atoms with Crippen molar-refractivity contribution in [1.29, 1.82) is 0 Å². The van der Waals surface area contributed by atoms with E-state index in [0.717, 1.165) is 18.7 Å². The maximum Gasteiger partial charge on any atom is 0.251 e. The molecule has 0 saturated carbocycles. The maximum absolute atomic E-state index is 11.9. The Morgan fingerprint density at radius 1 is 1.21 bits per heavy atom. The van der Waals surface area contributed by atoms with E-state index in [4.69, 9.17) is 0 Å². The third kappa shape index (κ3) is 5.03. The molecule has 0 aliphatic rings. The van der Waals surface area contributed by atoms with E-state index in [9.17, 15) is 4.79 Å². The number of carbonyl (C=O) groups is 1. The lowest BCUT2D eigenvalue weighted by atomic mass is 9.87. The van der Waals surface area contributed by atoms with Crippen molar-refractivity contribution in [1.82, 2.24) is 10.2 Å². The molecule has 3 heteroatoms. The summed E-state index contributed by atoms with van der Waals surface area (Å²) in [5, 5.41) is 2.94. The molecule has 0 heterocycles. The van der Waals surface area contributed by atoms with Crippen molar-refractivity contribution in [2.75, 3.05) is 26.7 Å². The van der Waals surface area contributed by atoms with E-state index < -0.39 is 0 Å². The van der Waals surface area contributed by atoms with Gasteiger partial charge in [0.1, 0.15) is 0 Å². The van der Waals surface area contributed by atoms with Gasteiger partial charge in [-0.2, -0.15) is 0 Å². The van der Waals surface area contributed by atoms with E-state index in [1.54, 1.807) is 0 Å². The molecule has 0 spiro atoms. The molecule has 1 N–H and O–H groups in total. The van der Waals surface area contributed by atoms with Gasteiger partial charge < -0.3 is 10.2 Å². The molecule has 1 amide bonds. The molecule has 3 nitrogen and oxygen atoms in total. The minimum Gasteiger partial charge on any atom is -0.351 e. The lowest BCUT2D eigenvalue weighted by Crippen LogP contribution is -2.32. The summed E-state index contributed by atoms with van der Waals surface area (Å²) in [4.78, 5) is 14.1. The zero-order chi connectivity index (χ0) is 14.5. The van der Waals surface area contributed by atoms with E-state index in [1.165, 1.54) is 5.56 Å². The molecule has 0 aromatic heterocycles. The molecule has 1 aromatic carbocycles. The third-order valence-corrected chi connectivity index (χ3v) is 3.33. The summed E-state index contributed by atoms with van der Waals surface area (Å²) in [6, 6.07) is 7.87. The normalized spacial score (nSPS) is 11.7. The number of benzene rings is 1. The van der Waals surface area contributed by atoms with Crippen molar-refractivity contribution in [3.05, 3.63) is 35.4 Å². The van der Waals surface area contributed by atoms with Gasteiger partial charge in [0.2, 0.25) is 0 Å². The smallest absolute Gasteiger partial charge is 0.251 e. The average Bonchev–Trinajstić information content (AvgIpc) is 2.37. The van der Waals surface area contributed by atoms with Gasteiger partial charge in [-0.3, -0.25) is 4.79 Å². The molecular formula is C16H26N2O. The van der Waals surface area contributed by atoms with E-state index in [0.29, 0.717) is 6.54 Å². The van der Waals surface area contributed by atoms with Crippen LogP contribution in [0.3, 0.4) is 0 Å². The maximum atomic E-state index is 11.9. The second-order valence-electron chi connectivity index (χ2n) is 5.98. The Kier molecular flexibility index (Phi) is 5.55. The number of rotatable bonds is 5. The van der Waals surface area contributed by atoms with Gasteiger partial charge in [-0.05, 0) is 36.7 Å². The molecule has 1 aromatic rings. The Morgan fingerprint density at radius 3 is 2.26 bits per heavy atom. The van der Waals surface area contributed by atoms with Crippen LogP contribution in [-0.4, -0.2) is 37.5 Å². The minimum absolute atomic E-state index is 0.00459. The highest BCUT2D eigenvalue weighted by atomic mass is 16.1. The number of amides is 1. The van der Waals surface area contributed by atoms with Crippen molar-refractivity contribution in [2.45, 2.75) is 33.1 Å². The van der Waals surface area contributed by atoms with Crippen molar-refractivity contribution < 1.29 is 4.79 Å². The van der Waals surface area contributed by atoms with Gasteiger partial charge in [0.05, 0.1) is 0 Å². The topological polar surface area (TPSA) is 32.3 Å². The molecule has 0 radical (unpaired) electrons. The van der Waals surface area contributed by atoms with Crippen molar-refractivity contribution >= 4 is 5.91 Å². The van der Waals surface area contributed by atoms with Gasteiger partial charge in [0.25, 0.3) is 5.91 Å². The third-order valence-electron chi connectivity index (χ3n) is 3.33. The number of hydrogen-bond acceptors (Lipinski definition) is 2. The van der Waals surface area contributed by atoms with Crippen LogP contribution in [0.2, 0.25) is 0 Å². The average molecular weight is 262 g/mol. The monoisotopic (exact) mass is 262 g/mol. The second kappa shape index (κ2) is 6.71. The Balaban J connectivity index is 2.54. The number of nitrogens with one attached hydrogen (secondary N) is 1. The van der Waals surface area contributed by atoms with Gasteiger partial charge in [0.15, 0.2) is 0 Å². The Bertz CT molecular complexity index is 404. The fraction of sp³-hybridized carbons (Fsp3) is 0.562. The van der Waals surface area contributed by atoms with Crippen LogP contribution in [0.25, 0.3) is 0 Å². The van der Waals surface area contributed by atoms with E-state index in [-0.39, 0.29) is 11.3 Å². The number of hydrogen-bond donors (Lipinski definition) is 1. The van der Waals surface area contributed by atoms with Crippen LogP contribution in [0.4, 0.5) is 0 Å². The number of nitrogens with zero attached hydrogens (tertiary/aromatic N) is 1. The molecule has 0 atom stereocenters. The highest BCUT2D eigenvalue weighted by molar-refractivity contribution is 5.94. The SMILES string of the molecule is CCN(C)CCNC(=O)c1ccc(C(C)(C)C)cc1. The van der Waals surface area contributed by atoms with Gasteiger partial charge in [-0.15, -0.1) is 0 Å². The highest BCUT2D eigenvalue weighted by Gasteiger charge is 2.14. The van der Waals surface area contributed by atoms with Crippen LogP contribution in [0, 0.1) is 0 Å². The zero-order valence-electron chi connectivity index (χ0n) is 12.8. The molecule has 1 rings (SSSR count). The van der Waals surface area contributed by atoms with Crippen molar-refractivity contribution in [3.8, 4) is 0 Å².